The van der Waals surface area contributed by atoms with E-state index >= 15 is 0 Å². The number of rotatable bonds is 5. The SMILES string of the molecule is C#CCOc1ccccc1CNc1ccccc1Cl. The van der Waals surface area contributed by atoms with Crippen LogP contribution in [0, 0.1) is 12.3 Å². The van der Waals surface area contributed by atoms with E-state index in [0.29, 0.717) is 11.6 Å². The Morgan fingerprint density at radius 3 is 2.63 bits per heavy atom. The van der Waals surface area contributed by atoms with E-state index in [2.05, 4.69) is 11.2 Å². The predicted octanol–water partition coefficient (Wildman–Crippen LogP) is 3.96. The smallest absolute Gasteiger partial charge is 0.148 e. The molecule has 0 unspecified atom stereocenters. The fourth-order valence-corrected chi connectivity index (χ4v) is 1.91. The summed E-state index contributed by atoms with van der Waals surface area (Å²) in [6, 6.07) is 15.4. The average molecular weight is 272 g/mol. The second kappa shape index (κ2) is 6.72. The van der Waals surface area contributed by atoms with Crippen molar-refractivity contribution in [2.45, 2.75) is 6.54 Å². The van der Waals surface area contributed by atoms with Crippen LogP contribution in [0.15, 0.2) is 48.5 Å². The van der Waals surface area contributed by atoms with Gasteiger partial charge in [0.15, 0.2) is 0 Å². The van der Waals surface area contributed by atoms with E-state index in [-0.39, 0.29) is 6.61 Å². The molecule has 0 saturated heterocycles. The molecule has 0 amide bonds. The fourth-order valence-electron chi connectivity index (χ4n) is 1.71. The molecule has 0 aromatic heterocycles. The lowest BCUT2D eigenvalue weighted by atomic mass is 10.2. The Hall–Kier alpha value is -2.11. The number of para-hydroxylation sites is 2. The number of anilines is 1. The second-order valence-electron chi connectivity index (χ2n) is 3.93. The van der Waals surface area contributed by atoms with Gasteiger partial charge in [-0.15, -0.1) is 6.42 Å². The van der Waals surface area contributed by atoms with E-state index in [1.54, 1.807) is 0 Å². The summed E-state index contributed by atoms with van der Waals surface area (Å²) in [5, 5.41) is 3.98. The minimum Gasteiger partial charge on any atom is -0.481 e. The lowest BCUT2D eigenvalue weighted by Crippen LogP contribution is -2.03. The summed E-state index contributed by atoms with van der Waals surface area (Å²) >= 11 is 6.09. The summed E-state index contributed by atoms with van der Waals surface area (Å²) in [5.74, 6) is 3.25. The molecule has 0 aliphatic rings. The number of hydrogen-bond acceptors (Lipinski definition) is 2. The number of ether oxygens (including phenoxy) is 1. The summed E-state index contributed by atoms with van der Waals surface area (Å²) in [6.07, 6.45) is 5.20. The van der Waals surface area contributed by atoms with Crippen LogP contribution >= 0.6 is 11.6 Å². The van der Waals surface area contributed by atoms with Gasteiger partial charge in [0.25, 0.3) is 0 Å². The van der Waals surface area contributed by atoms with Gasteiger partial charge >= 0.3 is 0 Å². The summed E-state index contributed by atoms with van der Waals surface area (Å²) in [5.41, 5.74) is 1.94. The third kappa shape index (κ3) is 3.67. The van der Waals surface area contributed by atoms with E-state index in [0.717, 1.165) is 17.0 Å². The molecule has 0 fully saturated rings. The van der Waals surface area contributed by atoms with Gasteiger partial charge in [0, 0.05) is 12.1 Å². The zero-order valence-electron chi connectivity index (χ0n) is 10.4. The monoisotopic (exact) mass is 271 g/mol. The minimum atomic E-state index is 0.267. The van der Waals surface area contributed by atoms with Gasteiger partial charge in [0.2, 0.25) is 0 Å². The molecule has 0 aliphatic carbocycles. The van der Waals surface area contributed by atoms with Crippen molar-refractivity contribution in [2.24, 2.45) is 0 Å². The van der Waals surface area contributed by atoms with E-state index in [1.165, 1.54) is 0 Å². The quantitative estimate of drug-likeness (QED) is 0.831. The maximum atomic E-state index is 6.09. The van der Waals surface area contributed by atoms with E-state index in [4.69, 9.17) is 22.8 Å². The molecule has 2 aromatic carbocycles. The fraction of sp³-hybridized carbons (Fsp3) is 0.125. The normalized spacial score (nSPS) is 9.68. The Bertz CT molecular complexity index is 589. The van der Waals surface area contributed by atoms with Crippen LogP contribution in [0.4, 0.5) is 5.69 Å². The second-order valence-corrected chi connectivity index (χ2v) is 4.34. The Morgan fingerprint density at radius 1 is 1.11 bits per heavy atom. The van der Waals surface area contributed by atoms with Crippen LogP contribution in [0.3, 0.4) is 0 Å². The molecule has 0 saturated carbocycles. The van der Waals surface area contributed by atoms with Crippen LogP contribution < -0.4 is 10.1 Å². The molecule has 96 valence electrons. The first-order valence-corrected chi connectivity index (χ1v) is 6.31. The molecule has 0 bridgehead atoms. The predicted molar refractivity (Wildman–Crippen MR) is 79.5 cm³/mol. The van der Waals surface area contributed by atoms with Crippen LogP contribution in [-0.4, -0.2) is 6.61 Å². The zero-order chi connectivity index (χ0) is 13.5. The zero-order valence-corrected chi connectivity index (χ0v) is 11.2. The first-order chi connectivity index (χ1) is 9.31. The van der Waals surface area contributed by atoms with Gasteiger partial charge in [-0.05, 0) is 18.2 Å². The van der Waals surface area contributed by atoms with Crippen LogP contribution in [-0.2, 0) is 6.54 Å². The van der Waals surface area contributed by atoms with Gasteiger partial charge in [-0.2, -0.15) is 0 Å². The number of terminal acetylenes is 1. The molecule has 0 aliphatic heterocycles. The number of halogens is 1. The van der Waals surface area contributed by atoms with E-state index in [9.17, 15) is 0 Å². The Morgan fingerprint density at radius 2 is 1.84 bits per heavy atom. The molecule has 2 rings (SSSR count). The number of hydrogen-bond donors (Lipinski definition) is 1. The molecule has 0 heterocycles. The molecule has 1 N–H and O–H groups in total. The largest absolute Gasteiger partial charge is 0.481 e. The van der Waals surface area contributed by atoms with Crippen molar-refractivity contribution in [3.05, 3.63) is 59.1 Å². The van der Waals surface area contributed by atoms with Gasteiger partial charge in [-0.1, -0.05) is 47.9 Å². The lowest BCUT2D eigenvalue weighted by Gasteiger charge is -2.12. The van der Waals surface area contributed by atoms with Gasteiger partial charge < -0.3 is 10.1 Å². The summed E-state index contributed by atoms with van der Waals surface area (Å²) in [4.78, 5) is 0. The van der Waals surface area contributed by atoms with Crippen LogP contribution in [0.25, 0.3) is 0 Å². The highest BCUT2D eigenvalue weighted by atomic mass is 35.5. The molecule has 19 heavy (non-hydrogen) atoms. The van der Waals surface area contributed by atoms with Crippen LogP contribution in [0.2, 0.25) is 5.02 Å². The van der Waals surface area contributed by atoms with Crippen molar-refractivity contribution in [2.75, 3.05) is 11.9 Å². The highest BCUT2D eigenvalue weighted by Gasteiger charge is 2.03. The molecule has 0 radical (unpaired) electrons. The molecule has 2 nitrogen and oxygen atoms in total. The molecular formula is C16H14ClNO. The van der Waals surface area contributed by atoms with Gasteiger partial charge in [0.05, 0.1) is 10.7 Å². The van der Waals surface area contributed by atoms with Crippen molar-refractivity contribution in [1.82, 2.24) is 0 Å². The first-order valence-electron chi connectivity index (χ1n) is 5.94. The highest BCUT2D eigenvalue weighted by molar-refractivity contribution is 6.33. The van der Waals surface area contributed by atoms with Crippen LogP contribution in [0.5, 0.6) is 5.75 Å². The molecular weight excluding hydrogens is 258 g/mol. The third-order valence-electron chi connectivity index (χ3n) is 2.63. The lowest BCUT2D eigenvalue weighted by molar-refractivity contribution is 0.366. The van der Waals surface area contributed by atoms with Gasteiger partial charge in [0.1, 0.15) is 12.4 Å². The first kappa shape index (κ1) is 13.3. The maximum Gasteiger partial charge on any atom is 0.148 e. The average Bonchev–Trinajstić information content (AvgIpc) is 2.45. The van der Waals surface area contributed by atoms with Crippen molar-refractivity contribution in [1.29, 1.82) is 0 Å². The Kier molecular flexibility index (Phi) is 4.72. The summed E-state index contributed by atoms with van der Waals surface area (Å²) in [6.45, 7) is 0.896. The summed E-state index contributed by atoms with van der Waals surface area (Å²) < 4.78 is 5.50. The minimum absolute atomic E-state index is 0.267. The highest BCUT2D eigenvalue weighted by Crippen LogP contribution is 2.23. The van der Waals surface area contributed by atoms with Crippen molar-refractivity contribution >= 4 is 17.3 Å². The van der Waals surface area contributed by atoms with E-state index in [1.807, 2.05) is 48.5 Å². The van der Waals surface area contributed by atoms with E-state index < -0.39 is 0 Å². The molecule has 0 spiro atoms. The topological polar surface area (TPSA) is 21.3 Å². The van der Waals surface area contributed by atoms with Crippen LogP contribution in [0.1, 0.15) is 5.56 Å². The maximum absolute atomic E-state index is 6.09. The van der Waals surface area contributed by atoms with Crippen molar-refractivity contribution in [3.63, 3.8) is 0 Å². The van der Waals surface area contributed by atoms with Gasteiger partial charge in [-0.3, -0.25) is 0 Å². The third-order valence-corrected chi connectivity index (χ3v) is 2.96. The number of benzene rings is 2. The number of nitrogens with one attached hydrogen (secondary N) is 1. The molecule has 3 heteroatoms. The molecule has 0 atom stereocenters. The van der Waals surface area contributed by atoms with Crippen molar-refractivity contribution < 1.29 is 4.74 Å². The summed E-state index contributed by atoms with van der Waals surface area (Å²) in [7, 11) is 0. The Balaban J connectivity index is 2.07. The van der Waals surface area contributed by atoms with Crippen molar-refractivity contribution in [3.8, 4) is 18.1 Å². The Labute approximate surface area is 118 Å². The molecule has 2 aromatic rings. The standard InChI is InChI=1S/C16H14ClNO/c1-2-11-19-16-10-6-3-7-13(16)12-18-15-9-5-4-8-14(15)17/h1,3-10,18H,11-12H2. The van der Waals surface area contributed by atoms with Gasteiger partial charge in [-0.25, -0.2) is 0 Å².